The number of ether oxygens (including phenoxy) is 1. The van der Waals surface area contributed by atoms with Gasteiger partial charge in [-0.15, -0.1) is 0 Å². The minimum Gasteiger partial charge on any atom is -0.484 e. The lowest BCUT2D eigenvalue weighted by Crippen LogP contribution is -2.24. The van der Waals surface area contributed by atoms with Crippen LogP contribution in [0, 0.1) is 0 Å². The molecule has 0 saturated carbocycles. The van der Waals surface area contributed by atoms with Crippen LogP contribution >= 0.6 is 11.6 Å². The number of carbonyl (C=O) groups excluding carboxylic acids is 1. The Labute approximate surface area is 147 Å². The molecule has 0 aliphatic rings. The van der Waals surface area contributed by atoms with Crippen molar-refractivity contribution in [1.82, 2.24) is 5.43 Å². The van der Waals surface area contributed by atoms with Crippen LogP contribution in [-0.2, 0) is 4.79 Å². The molecule has 0 aromatic heterocycles. The van der Waals surface area contributed by atoms with Crippen LogP contribution in [0.3, 0.4) is 0 Å². The summed E-state index contributed by atoms with van der Waals surface area (Å²) in [6, 6.07) is 15.0. The molecule has 0 saturated heterocycles. The summed E-state index contributed by atoms with van der Waals surface area (Å²) in [5.41, 5.74) is 4.54. The summed E-state index contributed by atoms with van der Waals surface area (Å²) < 4.78 is 5.45. The minimum absolute atomic E-state index is 0.0827. The molecule has 0 bridgehead atoms. The molecule has 0 heterocycles. The monoisotopic (exact) mass is 344 g/mol. The Morgan fingerprint density at radius 3 is 2.50 bits per heavy atom. The molecule has 2 rings (SSSR count). The number of nitrogens with zero attached hydrogens (tertiary/aromatic N) is 1. The van der Waals surface area contributed by atoms with Crippen LogP contribution in [0.4, 0.5) is 0 Å². The highest BCUT2D eigenvalue weighted by molar-refractivity contribution is 6.30. The Bertz CT molecular complexity index is 682. The van der Waals surface area contributed by atoms with Gasteiger partial charge in [-0.25, -0.2) is 5.43 Å². The molecule has 0 radical (unpaired) electrons. The second-order valence-electron chi connectivity index (χ2n) is 5.51. The van der Waals surface area contributed by atoms with Crippen molar-refractivity contribution >= 4 is 23.7 Å². The maximum absolute atomic E-state index is 11.7. The highest BCUT2D eigenvalue weighted by atomic mass is 35.5. The van der Waals surface area contributed by atoms with E-state index in [0.717, 1.165) is 12.0 Å². The Kier molecular flexibility index (Phi) is 6.82. The van der Waals surface area contributed by atoms with Crippen LogP contribution in [0.2, 0.25) is 5.02 Å². The van der Waals surface area contributed by atoms with E-state index in [0.29, 0.717) is 16.7 Å². The lowest BCUT2D eigenvalue weighted by molar-refractivity contribution is -0.123. The summed E-state index contributed by atoms with van der Waals surface area (Å²) >= 11 is 5.80. The van der Waals surface area contributed by atoms with Gasteiger partial charge in [0.25, 0.3) is 5.91 Å². The van der Waals surface area contributed by atoms with Crippen LogP contribution in [0.25, 0.3) is 0 Å². The van der Waals surface area contributed by atoms with E-state index in [9.17, 15) is 4.79 Å². The van der Waals surface area contributed by atoms with Crippen molar-refractivity contribution in [2.75, 3.05) is 6.61 Å². The van der Waals surface area contributed by atoms with E-state index in [4.69, 9.17) is 16.3 Å². The molecule has 5 heteroatoms. The number of hydrazone groups is 1. The number of amides is 1. The van der Waals surface area contributed by atoms with Gasteiger partial charge in [0.15, 0.2) is 6.61 Å². The third kappa shape index (κ3) is 5.70. The molecule has 0 aliphatic heterocycles. The normalized spacial score (nSPS) is 12.1. The summed E-state index contributed by atoms with van der Waals surface area (Å²) in [6.45, 7) is 4.26. The van der Waals surface area contributed by atoms with Crippen LogP contribution in [0.5, 0.6) is 5.75 Å². The summed E-state index contributed by atoms with van der Waals surface area (Å²) in [4.78, 5) is 11.7. The Balaban J connectivity index is 1.77. The second-order valence-corrected chi connectivity index (χ2v) is 5.95. The fraction of sp³-hybridized carbons (Fsp3) is 0.263. The van der Waals surface area contributed by atoms with Gasteiger partial charge in [0.05, 0.1) is 6.21 Å². The summed E-state index contributed by atoms with van der Waals surface area (Å²) in [7, 11) is 0. The molecule has 0 fully saturated rings. The Hall–Kier alpha value is -2.33. The maximum atomic E-state index is 11.7. The lowest BCUT2D eigenvalue weighted by atomic mass is 9.99. The molecule has 0 spiro atoms. The van der Waals surface area contributed by atoms with Gasteiger partial charge in [0, 0.05) is 5.02 Å². The highest BCUT2D eigenvalue weighted by Crippen LogP contribution is 2.21. The first-order valence-corrected chi connectivity index (χ1v) is 8.26. The number of nitrogens with one attached hydrogen (secondary N) is 1. The van der Waals surface area contributed by atoms with Crippen molar-refractivity contribution in [2.24, 2.45) is 5.10 Å². The molecule has 0 aliphatic carbocycles. The third-order valence-corrected chi connectivity index (χ3v) is 3.96. The average Bonchev–Trinajstić information content (AvgIpc) is 2.61. The first kappa shape index (κ1) is 18.0. The molecule has 2 aromatic rings. The molecule has 4 nitrogen and oxygen atoms in total. The van der Waals surface area contributed by atoms with Crippen molar-refractivity contribution in [2.45, 2.75) is 26.2 Å². The number of carbonyl (C=O) groups is 1. The van der Waals surface area contributed by atoms with Gasteiger partial charge in [0.1, 0.15) is 5.75 Å². The van der Waals surface area contributed by atoms with E-state index in [2.05, 4.69) is 24.4 Å². The second kappa shape index (κ2) is 9.08. The van der Waals surface area contributed by atoms with Gasteiger partial charge in [0.2, 0.25) is 0 Å². The van der Waals surface area contributed by atoms with Gasteiger partial charge in [-0.3, -0.25) is 4.79 Å². The average molecular weight is 345 g/mol. The summed E-state index contributed by atoms with van der Waals surface area (Å²) in [5.74, 6) is 0.870. The van der Waals surface area contributed by atoms with E-state index in [1.165, 1.54) is 5.56 Å². The predicted octanol–water partition coefficient (Wildman–Crippen LogP) is 4.38. The minimum atomic E-state index is -0.314. The molecule has 24 heavy (non-hydrogen) atoms. The summed E-state index contributed by atoms with van der Waals surface area (Å²) in [5, 5.41) is 4.54. The zero-order valence-electron chi connectivity index (χ0n) is 13.8. The summed E-state index contributed by atoms with van der Waals surface area (Å²) in [6.07, 6.45) is 2.64. The van der Waals surface area contributed by atoms with E-state index >= 15 is 0 Å². The van der Waals surface area contributed by atoms with Gasteiger partial charge in [-0.2, -0.15) is 5.10 Å². The maximum Gasteiger partial charge on any atom is 0.277 e. The van der Waals surface area contributed by atoms with Gasteiger partial charge in [-0.05, 0) is 47.7 Å². The predicted molar refractivity (Wildman–Crippen MR) is 97.8 cm³/mol. The molecular formula is C19H21ClN2O2. The van der Waals surface area contributed by atoms with E-state index in [1.807, 2.05) is 36.4 Å². The van der Waals surface area contributed by atoms with Crippen LogP contribution < -0.4 is 10.2 Å². The SMILES string of the molecule is CCC(C)c1ccc(OCC(=O)NN=Cc2ccc(Cl)cc2)cc1. The third-order valence-electron chi connectivity index (χ3n) is 3.70. The fourth-order valence-electron chi connectivity index (χ4n) is 2.04. The molecule has 2 aromatic carbocycles. The van der Waals surface area contributed by atoms with Gasteiger partial charge in [-0.1, -0.05) is 49.7 Å². The van der Waals surface area contributed by atoms with E-state index in [-0.39, 0.29) is 12.5 Å². The Morgan fingerprint density at radius 2 is 1.88 bits per heavy atom. The standard InChI is InChI=1S/C19H21ClN2O2/c1-3-14(2)16-6-10-18(11-7-16)24-13-19(23)22-21-12-15-4-8-17(20)9-5-15/h4-12,14H,3,13H2,1-2H3,(H,22,23). The number of rotatable bonds is 7. The Morgan fingerprint density at radius 1 is 1.21 bits per heavy atom. The number of hydrogen-bond acceptors (Lipinski definition) is 3. The van der Waals surface area contributed by atoms with Crippen LogP contribution in [0.1, 0.15) is 37.3 Å². The zero-order chi connectivity index (χ0) is 17.4. The van der Waals surface area contributed by atoms with E-state index in [1.54, 1.807) is 18.3 Å². The quantitative estimate of drug-likeness (QED) is 0.598. The molecular weight excluding hydrogens is 324 g/mol. The van der Waals surface area contributed by atoms with Gasteiger partial charge >= 0.3 is 0 Å². The fourth-order valence-corrected chi connectivity index (χ4v) is 2.16. The topological polar surface area (TPSA) is 50.7 Å². The first-order chi connectivity index (χ1) is 11.6. The molecule has 1 amide bonds. The highest BCUT2D eigenvalue weighted by Gasteiger charge is 2.04. The zero-order valence-corrected chi connectivity index (χ0v) is 14.6. The van der Waals surface area contributed by atoms with Crippen LogP contribution in [-0.4, -0.2) is 18.7 Å². The molecule has 1 N–H and O–H groups in total. The largest absolute Gasteiger partial charge is 0.484 e. The van der Waals surface area contributed by atoms with Gasteiger partial charge < -0.3 is 4.74 Å². The van der Waals surface area contributed by atoms with Crippen LogP contribution in [0.15, 0.2) is 53.6 Å². The lowest BCUT2D eigenvalue weighted by Gasteiger charge is -2.10. The molecule has 1 atom stereocenters. The van der Waals surface area contributed by atoms with Crippen molar-refractivity contribution in [3.05, 3.63) is 64.7 Å². The van der Waals surface area contributed by atoms with Crippen molar-refractivity contribution in [3.8, 4) is 5.75 Å². The number of benzene rings is 2. The van der Waals surface area contributed by atoms with Crippen molar-refractivity contribution in [3.63, 3.8) is 0 Å². The molecule has 126 valence electrons. The number of hydrogen-bond donors (Lipinski definition) is 1. The number of halogens is 1. The smallest absolute Gasteiger partial charge is 0.277 e. The van der Waals surface area contributed by atoms with Crippen molar-refractivity contribution in [1.29, 1.82) is 0 Å². The van der Waals surface area contributed by atoms with E-state index < -0.39 is 0 Å². The van der Waals surface area contributed by atoms with Crippen molar-refractivity contribution < 1.29 is 9.53 Å². The first-order valence-electron chi connectivity index (χ1n) is 7.88. The molecule has 1 unspecified atom stereocenters.